The maximum atomic E-state index is 13.6. The van der Waals surface area contributed by atoms with Crippen LogP contribution in [0.15, 0.2) is 47.4 Å². The highest BCUT2D eigenvalue weighted by Crippen LogP contribution is 2.27. The lowest BCUT2D eigenvalue weighted by Crippen LogP contribution is -2.34. The van der Waals surface area contributed by atoms with E-state index in [0.29, 0.717) is 11.4 Å². The van der Waals surface area contributed by atoms with E-state index in [2.05, 4.69) is 17.9 Å². The molecule has 3 nitrogen and oxygen atoms in total. The molecule has 1 heterocycles. The molecule has 0 aliphatic carbocycles. The van der Waals surface area contributed by atoms with Crippen LogP contribution in [-0.2, 0) is 6.42 Å². The number of hydrogen-bond donors (Lipinski definition) is 2. The molecule has 0 spiro atoms. The first kappa shape index (κ1) is 13.9. The zero-order chi connectivity index (χ0) is 14.8. The third-order valence-electron chi connectivity index (χ3n) is 3.40. The molecule has 1 unspecified atom stereocenters. The van der Waals surface area contributed by atoms with Gasteiger partial charge in [-0.2, -0.15) is 0 Å². The number of nitrogens with one attached hydrogen (secondary N) is 1. The van der Waals surface area contributed by atoms with Crippen molar-refractivity contribution in [3.8, 4) is 5.75 Å². The molecule has 0 saturated heterocycles. The molecule has 5 heteroatoms. The molecular formula is C16H14FNO2S. The molecule has 1 aliphatic rings. The van der Waals surface area contributed by atoms with Gasteiger partial charge in [-0.1, -0.05) is 18.2 Å². The topological polar surface area (TPSA) is 38.3 Å². The monoisotopic (exact) mass is 303 g/mol. The fourth-order valence-corrected chi connectivity index (χ4v) is 2.56. The number of amides is 1. The number of fused-ring (bicyclic) bond motifs is 1. The van der Waals surface area contributed by atoms with Crippen LogP contribution in [0.2, 0.25) is 0 Å². The first-order chi connectivity index (χ1) is 10.1. The highest BCUT2D eigenvalue weighted by molar-refractivity contribution is 7.80. The van der Waals surface area contributed by atoms with Crippen LogP contribution in [-0.4, -0.2) is 18.6 Å². The maximum absolute atomic E-state index is 13.6. The van der Waals surface area contributed by atoms with E-state index >= 15 is 0 Å². The van der Waals surface area contributed by atoms with E-state index in [1.807, 2.05) is 24.3 Å². The molecule has 21 heavy (non-hydrogen) atoms. The van der Waals surface area contributed by atoms with Gasteiger partial charge < -0.3 is 10.1 Å². The van der Waals surface area contributed by atoms with Crippen molar-refractivity contribution in [3.05, 3.63) is 59.4 Å². The van der Waals surface area contributed by atoms with E-state index in [1.54, 1.807) is 0 Å². The van der Waals surface area contributed by atoms with E-state index in [1.165, 1.54) is 18.2 Å². The molecule has 0 bridgehead atoms. The van der Waals surface area contributed by atoms with Gasteiger partial charge in [0.15, 0.2) is 0 Å². The van der Waals surface area contributed by atoms with Crippen molar-refractivity contribution in [2.24, 2.45) is 0 Å². The maximum Gasteiger partial charge on any atom is 0.254 e. The summed E-state index contributed by atoms with van der Waals surface area (Å²) in [6, 6.07) is 11.9. The van der Waals surface area contributed by atoms with Crippen LogP contribution in [0.3, 0.4) is 0 Å². The molecule has 2 aromatic carbocycles. The number of halogens is 1. The Labute approximate surface area is 127 Å². The van der Waals surface area contributed by atoms with Gasteiger partial charge in [-0.3, -0.25) is 4.79 Å². The summed E-state index contributed by atoms with van der Waals surface area (Å²) in [7, 11) is 0. The summed E-state index contributed by atoms with van der Waals surface area (Å²) in [6.45, 7) is 0.337. The Morgan fingerprint density at radius 3 is 2.95 bits per heavy atom. The number of carbonyl (C=O) groups excluding carboxylic acids is 1. The minimum atomic E-state index is -0.555. The first-order valence-electron chi connectivity index (χ1n) is 6.65. The minimum Gasteiger partial charge on any atom is -0.488 e. The number of rotatable bonds is 3. The standard InChI is InChI=1S/C16H14FNO2S/c17-14-6-5-12(21)8-13(14)16(19)18-9-11-7-10-3-1-2-4-15(10)20-11/h1-6,8,11,21H,7,9H2,(H,18,19). The molecule has 1 aliphatic heterocycles. The second kappa shape index (κ2) is 5.77. The van der Waals surface area contributed by atoms with E-state index in [-0.39, 0.29) is 11.7 Å². The smallest absolute Gasteiger partial charge is 0.254 e. The quantitative estimate of drug-likeness (QED) is 0.856. The van der Waals surface area contributed by atoms with Gasteiger partial charge in [-0.15, -0.1) is 12.6 Å². The van der Waals surface area contributed by atoms with Gasteiger partial charge in [0.25, 0.3) is 5.91 Å². The predicted octanol–water partition coefficient (Wildman–Crippen LogP) is 2.85. The molecule has 0 radical (unpaired) electrons. The number of ether oxygens (including phenoxy) is 1. The number of thiol groups is 1. The molecule has 108 valence electrons. The zero-order valence-corrected chi connectivity index (χ0v) is 12.1. The zero-order valence-electron chi connectivity index (χ0n) is 11.2. The van der Waals surface area contributed by atoms with E-state index in [9.17, 15) is 9.18 Å². The van der Waals surface area contributed by atoms with E-state index < -0.39 is 11.7 Å². The summed E-state index contributed by atoms with van der Waals surface area (Å²) in [6.07, 6.45) is 0.625. The fraction of sp³-hybridized carbons (Fsp3) is 0.188. The summed E-state index contributed by atoms with van der Waals surface area (Å²) in [4.78, 5) is 12.6. The first-order valence-corrected chi connectivity index (χ1v) is 7.09. The van der Waals surface area contributed by atoms with Crippen molar-refractivity contribution >= 4 is 18.5 Å². The molecule has 3 rings (SSSR count). The molecule has 0 saturated carbocycles. The van der Waals surface area contributed by atoms with E-state index in [0.717, 1.165) is 17.7 Å². The summed E-state index contributed by atoms with van der Waals surface area (Å²) in [5, 5.41) is 2.71. The summed E-state index contributed by atoms with van der Waals surface area (Å²) >= 11 is 4.11. The highest BCUT2D eigenvalue weighted by Gasteiger charge is 2.23. The largest absolute Gasteiger partial charge is 0.488 e. The van der Waals surface area contributed by atoms with Crippen LogP contribution in [0.5, 0.6) is 5.75 Å². The molecule has 1 atom stereocenters. The number of benzene rings is 2. The summed E-state index contributed by atoms with van der Waals surface area (Å²) in [5.74, 6) is -0.163. The van der Waals surface area contributed by atoms with Crippen molar-refractivity contribution < 1.29 is 13.9 Å². The third kappa shape index (κ3) is 3.03. The molecule has 0 aromatic heterocycles. The second-order valence-electron chi connectivity index (χ2n) is 4.93. The molecule has 1 N–H and O–H groups in total. The molecule has 2 aromatic rings. The number of hydrogen-bond acceptors (Lipinski definition) is 3. The number of carbonyl (C=O) groups is 1. The highest BCUT2D eigenvalue weighted by atomic mass is 32.1. The predicted molar refractivity (Wildman–Crippen MR) is 80.5 cm³/mol. The Hall–Kier alpha value is -2.01. The van der Waals surface area contributed by atoms with Crippen LogP contribution in [0, 0.1) is 5.82 Å². The Bertz CT molecular complexity index is 665. The van der Waals surface area contributed by atoms with Gasteiger partial charge in [0.05, 0.1) is 12.1 Å². The lowest BCUT2D eigenvalue weighted by molar-refractivity contribution is 0.0929. The number of para-hydroxylation sites is 1. The third-order valence-corrected chi connectivity index (χ3v) is 3.68. The van der Waals surface area contributed by atoms with Gasteiger partial charge in [0, 0.05) is 11.3 Å². The second-order valence-corrected chi connectivity index (χ2v) is 5.44. The average Bonchev–Trinajstić information content (AvgIpc) is 2.90. The molecular weight excluding hydrogens is 289 g/mol. The van der Waals surface area contributed by atoms with Gasteiger partial charge >= 0.3 is 0 Å². The lowest BCUT2D eigenvalue weighted by Gasteiger charge is -2.12. The molecule has 1 amide bonds. The van der Waals surface area contributed by atoms with Gasteiger partial charge in [0.1, 0.15) is 17.7 Å². The minimum absolute atomic E-state index is 0.00184. The van der Waals surface area contributed by atoms with Crippen LogP contribution >= 0.6 is 12.6 Å². The fourth-order valence-electron chi connectivity index (χ4n) is 2.36. The summed E-state index contributed by atoms with van der Waals surface area (Å²) < 4.78 is 19.3. The lowest BCUT2D eigenvalue weighted by atomic mass is 10.1. The van der Waals surface area contributed by atoms with Crippen molar-refractivity contribution in [1.82, 2.24) is 5.32 Å². The van der Waals surface area contributed by atoms with Crippen molar-refractivity contribution in [3.63, 3.8) is 0 Å². The van der Waals surface area contributed by atoms with Gasteiger partial charge in [0.2, 0.25) is 0 Å². The summed E-state index contributed by atoms with van der Waals surface area (Å²) in [5.41, 5.74) is 1.12. The average molecular weight is 303 g/mol. The Morgan fingerprint density at radius 1 is 1.33 bits per heavy atom. The molecule has 0 fully saturated rings. The Morgan fingerprint density at radius 2 is 2.14 bits per heavy atom. The van der Waals surface area contributed by atoms with Crippen LogP contribution in [0.25, 0.3) is 0 Å². The van der Waals surface area contributed by atoms with Crippen LogP contribution in [0.4, 0.5) is 4.39 Å². The Balaban J connectivity index is 1.61. The van der Waals surface area contributed by atoms with Crippen LogP contribution in [0.1, 0.15) is 15.9 Å². The normalized spacial score (nSPS) is 16.2. The van der Waals surface area contributed by atoms with Gasteiger partial charge in [-0.05, 0) is 29.8 Å². The SMILES string of the molecule is O=C(NCC1Cc2ccccc2O1)c1cc(S)ccc1F. The van der Waals surface area contributed by atoms with Crippen molar-refractivity contribution in [2.45, 2.75) is 17.4 Å². The van der Waals surface area contributed by atoms with E-state index in [4.69, 9.17) is 4.74 Å². The van der Waals surface area contributed by atoms with Crippen LogP contribution < -0.4 is 10.1 Å². The van der Waals surface area contributed by atoms with Gasteiger partial charge in [-0.25, -0.2) is 4.39 Å². The van der Waals surface area contributed by atoms with Crippen molar-refractivity contribution in [2.75, 3.05) is 6.54 Å². The Kier molecular flexibility index (Phi) is 3.84. The van der Waals surface area contributed by atoms with Crippen molar-refractivity contribution in [1.29, 1.82) is 0 Å².